The van der Waals surface area contributed by atoms with Crippen LogP contribution in [-0.4, -0.2) is 36.3 Å². The summed E-state index contributed by atoms with van der Waals surface area (Å²) in [6.07, 6.45) is 1.37. The Morgan fingerprint density at radius 1 is 1.65 bits per heavy atom. The van der Waals surface area contributed by atoms with Gasteiger partial charge in [0.25, 0.3) is 0 Å². The molecule has 1 saturated carbocycles. The van der Waals surface area contributed by atoms with Crippen molar-refractivity contribution in [3.8, 4) is 0 Å². The first-order valence-electron chi connectivity index (χ1n) is 6.25. The number of nitrogens with zero attached hydrogens (tertiary/aromatic N) is 1. The van der Waals surface area contributed by atoms with Crippen molar-refractivity contribution >= 4 is 5.84 Å². The predicted octanol–water partition coefficient (Wildman–Crippen LogP) is 1.16. The summed E-state index contributed by atoms with van der Waals surface area (Å²) in [6.45, 7) is 9.88. The fourth-order valence-corrected chi connectivity index (χ4v) is 2.24. The third-order valence-electron chi connectivity index (χ3n) is 3.84. The van der Waals surface area contributed by atoms with Crippen LogP contribution in [0.3, 0.4) is 0 Å². The van der Waals surface area contributed by atoms with E-state index in [9.17, 15) is 0 Å². The van der Waals surface area contributed by atoms with Crippen molar-refractivity contribution in [2.24, 2.45) is 22.2 Å². The molecule has 0 heterocycles. The quantitative estimate of drug-likeness (QED) is 0.283. The Morgan fingerprint density at radius 2 is 2.29 bits per heavy atom. The van der Waals surface area contributed by atoms with Gasteiger partial charge in [-0.25, -0.2) is 0 Å². The summed E-state index contributed by atoms with van der Waals surface area (Å²) in [7, 11) is 0. The van der Waals surface area contributed by atoms with Gasteiger partial charge in [0.15, 0.2) is 0 Å². The Kier molecular flexibility index (Phi) is 4.77. The molecule has 0 radical (unpaired) electrons. The Bertz CT molecular complexity index is 279. The molecule has 1 fully saturated rings. The lowest BCUT2D eigenvalue weighted by atomic mass is 9.64. The molecule has 5 nitrogen and oxygen atoms in total. The van der Waals surface area contributed by atoms with Gasteiger partial charge < -0.3 is 21.0 Å². The predicted molar refractivity (Wildman–Crippen MR) is 68.2 cm³/mol. The topological polar surface area (TPSA) is 79.9 Å². The number of oxime groups is 1. The summed E-state index contributed by atoms with van der Waals surface area (Å²) >= 11 is 0. The lowest BCUT2D eigenvalue weighted by Gasteiger charge is -2.52. The minimum absolute atomic E-state index is 0.0435. The van der Waals surface area contributed by atoms with Gasteiger partial charge in [0, 0.05) is 30.5 Å². The molecule has 4 N–H and O–H groups in total. The molecule has 100 valence electrons. The molecule has 0 aliphatic heterocycles. The maximum absolute atomic E-state index is 8.57. The van der Waals surface area contributed by atoms with Crippen molar-refractivity contribution in [3.63, 3.8) is 0 Å². The number of hydrogen-bond donors (Lipinski definition) is 3. The van der Waals surface area contributed by atoms with Crippen LogP contribution in [-0.2, 0) is 4.74 Å². The van der Waals surface area contributed by atoms with Crippen LogP contribution in [0.25, 0.3) is 0 Å². The van der Waals surface area contributed by atoms with Crippen LogP contribution in [0.15, 0.2) is 5.16 Å². The smallest absolute Gasteiger partial charge is 0.143 e. The highest BCUT2D eigenvalue weighted by Gasteiger charge is 2.48. The van der Waals surface area contributed by atoms with E-state index in [0.29, 0.717) is 12.1 Å². The summed E-state index contributed by atoms with van der Waals surface area (Å²) in [5, 5.41) is 15.1. The van der Waals surface area contributed by atoms with Gasteiger partial charge in [-0.3, -0.25) is 0 Å². The standard InChI is InChI=1S/C12H25N3O2/c1-5-17-10-6-9(12(10,3)4)14-7-8(2)11(13)15-16/h8-10,14,16H,5-7H2,1-4H3,(H2,13,15). The van der Waals surface area contributed by atoms with Crippen molar-refractivity contribution in [3.05, 3.63) is 0 Å². The number of ether oxygens (including phenoxy) is 1. The van der Waals surface area contributed by atoms with E-state index in [4.69, 9.17) is 15.7 Å². The molecule has 0 aromatic rings. The van der Waals surface area contributed by atoms with Crippen molar-refractivity contribution in [2.45, 2.75) is 46.3 Å². The second-order valence-corrected chi connectivity index (χ2v) is 5.39. The van der Waals surface area contributed by atoms with Gasteiger partial charge in [-0.05, 0) is 13.3 Å². The van der Waals surface area contributed by atoms with Gasteiger partial charge in [0.2, 0.25) is 0 Å². The third-order valence-corrected chi connectivity index (χ3v) is 3.84. The molecule has 1 aliphatic carbocycles. The maximum atomic E-state index is 8.57. The summed E-state index contributed by atoms with van der Waals surface area (Å²) in [5.74, 6) is 0.318. The normalized spacial score (nSPS) is 29.8. The van der Waals surface area contributed by atoms with Crippen LogP contribution in [0.4, 0.5) is 0 Å². The maximum Gasteiger partial charge on any atom is 0.143 e. The van der Waals surface area contributed by atoms with Crippen molar-refractivity contribution in [1.82, 2.24) is 5.32 Å². The fraction of sp³-hybridized carbons (Fsp3) is 0.917. The van der Waals surface area contributed by atoms with Crippen LogP contribution in [0.1, 0.15) is 34.1 Å². The molecule has 0 aromatic heterocycles. The van der Waals surface area contributed by atoms with E-state index in [1.165, 1.54) is 0 Å². The Balaban J connectivity index is 2.36. The lowest BCUT2D eigenvalue weighted by Crippen LogP contribution is -2.61. The van der Waals surface area contributed by atoms with Gasteiger partial charge in [-0.15, -0.1) is 0 Å². The Morgan fingerprint density at radius 3 is 2.76 bits per heavy atom. The summed E-state index contributed by atoms with van der Waals surface area (Å²) < 4.78 is 5.67. The van der Waals surface area contributed by atoms with Crippen molar-refractivity contribution in [1.29, 1.82) is 0 Å². The number of nitrogens with one attached hydrogen (secondary N) is 1. The monoisotopic (exact) mass is 243 g/mol. The van der Waals surface area contributed by atoms with Gasteiger partial charge >= 0.3 is 0 Å². The Hall–Kier alpha value is -0.810. The highest BCUT2D eigenvalue weighted by Crippen LogP contribution is 2.42. The summed E-state index contributed by atoms with van der Waals surface area (Å²) in [6, 6.07) is 0.438. The Labute approximate surface area is 103 Å². The molecule has 0 saturated heterocycles. The van der Waals surface area contributed by atoms with E-state index in [1.807, 2.05) is 13.8 Å². The van der Waals surface area contributed by atoms with Gasteiger partial charge in [-0.1, -0.05) is 25.9 Å². The van der Waals surface area contributed by atoms with Crippen LogP contribution in [0, 0.1) is 11.3 Å². The summed E-state index contributed by atoms with van der Waals surface area (Å²) in [5.41, 5.74) is 5.69. The SMILES string of the molecule is CCOC1CC(NCC(C)C(N)=NO)C1(C)C. The van der Waals surface area contributed by atoms with Crippen molar-refractivity contribution < 1.29 is 9.94 Å². The zero-order valence-corrected chi connectivity index (χ0v) is 11.2. The first kappa shape index (κ1) is 14.3. The number of hydrogen-bond acceptors (Lipinski definition) is 4. The molecular formula is C12H25N3O2. The van der Waals surface area contributed by atoms with E-state index < -0.39 is 0 Å². The molecule has 5 heteroatoms. The number of nitrogens with two attached hydrogens (primary N) is 1. The molecule has 0 aromatic carbocycles. The first-order valence-corrected chi connectivity index (χ1v) is 6.25. The zero-order valence-electron chi connectivity index (χ0n) is 11.2. The second kappa shape index (κ2) is 5.69. The molecule has 17 heavy (non-hydrogen) atoms. The van der Waals surface area contributed by atoms with E-state index in [2.05, 4.69) is 24.3 Å². The molecule has 0 amide bonds. The minimum atomic E-state index is 0.0435. The number of rotatable bonds is 6. The van der Waals surface area contributed by atoms with Crippen LogP contribution < -0.4 is 11.1 Å². The van der Waals surface area contributed by atoms with Crippen LogP contribution in [0.2, 0.25) is 0 Å². The second-order valence-electron chi connectivity index (χ2n) is 5.39. The van der Waals surface area contributed by atoms with Gasteiger partial charge in [-0.2, -0.15) is 0 Å². The van der Waals surface area contributed by atoms with E-state index >= 15 is 0 Å². The van der Waals surface area contributed by atoms with Gasteiger partial charge in [0.1, 0.15) is 5.84 Å². The molecule has 0 spiro atoms. The van der Waals surface area contributed by atoms with E-state index in [0.717, 1.165) is 19.6 Å². The molecule has 3 unspecified atom stereocenters. The molecule has 0 bridgehead atoms. The van der Waals surface area contributed by atoms with E-state index in [1.54, 1.807) is 0 Å². The first-order chi connectivity index (χ1) is 7.93. The highest BCUT2D eigenvalue weighted by atomic mass is 16.5. The molecule has 1 rings (SSSR count). The number of amidine groups is 1. The van der Waals surface area contributed by atoms with Gasteiger partial charge in [0.05, 0.1) is 6.10 Å². The average Bonchev–Trinajstić information content (AvgIpc) is 2.31. The van der Waals surface area contributed by atoms with Crippen LogP contribution in [0.5, 0.6) is 0 Å². The van der Waals surface area contributed by atoms with Crippen molar-refractivity contribution in [2.75, 3.05) is 13.2 Å². The highest BCUT2D eigenvalue weighted by molar-refractivity contribution is 5.82. The molecule has 3 atom stereocenters. The third kappa shape index (κ3) is 3.10. The zero-order chi connectivity index (χ0) is 13.1. The van der Waals surface area contributed by atoms with Crippen LogP contribution >= 0.6 is 0 Å². The average molecular weight is 243 g/mol. The summed E-state index contributed by atoms with van der Waals surface area (Å²) in [4.78, 5) is 0. The van der Waals surface area contributed by atoms with E-state index in [-0.39, 0.29) is 17.2 Å². The molecule has 1 aliphatic rings. The molecular weight excluding hydrogens is 218 g/mol. The fourth-order valence-electron chi connectivity index (χ4n) is 2.24. The largest absolute Gasteiger partial charge is 0.409 e. The lowest BCUT2D eigenvalue weighted by molar-refractivity contribution is -0.114. The minimum Gasteiger partial charge on any atom is -0.409 e.